The van der Waals surface area contributed by atoms with Crippen molar-refractivity contribution in [3.63, 3.8) is 0 Å². The zero-order valence-corrected chi connectivity index (χ0v) is 12.7. The predicted molar refractivity (Wildman–Crippen MR) is 87.5 cm³/mol. The van der Waals surface area contributed by atoms with Crippen molar-refractivity contribution >= 4 is 16.6 Å². The smallest absolute Gasteiger partial charge is 0.165 e. The largest absolute Gasteiger partial charge is 0.486 e. The van der Waals surface area contributed by atoms with Gasteiger partial charge >= 0.3 is 0 Å². The number of ether oxygens (including phenoxy) is 1. The van der Waals surface area contributed by atoms with E-state index in [2.05, 4.69) is 24.6 Å². The lowest BCUT2D eigenvalue weighted by molar-refractivity contribution is 0.291. The molecule has 3 rings (SSSR count). The third-order valence-corrected chi connectivity index (χ3v) is 3.72. The number of fused-ring (bicyclic) bond motifs is 1. The number of hydrogen-bond donors (Lipinski definition) is 1. The summed E-state index contributed by atoms with van der Waals surface area (Å²) in [6.45, 7) is 4.55. The summed E-state index contributed by atoms with van der Waals surface area (Å²) in [5, 5.41) is 1.08. The summed E-state index contributed by atoms with van der Waals surface area (Å²) in [6.07, 6.45) is 2.05. The highest BCUT2D eigenvalue weighted by Gasteiger charge is 2.12. The number of nitrogen functional groups attached to an aromatic ring is 1. The average molecular weight is 298 g/mol. The average Bonchev–Trinajstić information content (AvgIpc) is 2.84. The Morgan fingerprint density at radius 1 is 1.18 bits per heavy atom. The van der Waals surface area contributed by atoms with Gasteiger partial charge in [0.15, 0.2) is 11.6 Å². The highest BCUT2D eigenvalue weighted by molar-refractivity contribution is 5.86. The van der Waals surface area contributed by atoms with E-state index in [9.17, 15) is 4.39 Å². The molecule has 0 bridgehead atoms. The maximum atomic E-state index is 13.6. The van der Waals surface area contributed by atoms with Gasteiger partial charge in [0.1, 0.15) is 6.61 Å². The number of nitrogens with zero attached hydrogens (tertiary/aromatic N) is 1. The van der Waals surface area contributed by atoms with E-state index in [1.807, 2.05) is 18.2 Å². The van der Waals surface area contributed by atoms with Crippen LogP contribution in [0.5, 0.6) is 5.75 Å². The molecule has 1 heterocycles. The first-order valence-corrected chi connectivity index (χ1v) is 7.32. The van der Waals surface area contributed by atoms with E-state index in [1.165, 1.54) is 6.07 Å². The van der Waals surface area contributed by atoms with Crippen molar-refractivity contribution in [3.8, 4) is 5.75 Å². The Kier molecular flexibility index (Phi) is 3.75. The summed E-state index contributed by atoms with van der Waals surface area (Å²) >= 11 is 0. The quantitative estimate of drug-likeness (QED) is 0.719. The molecule has 114 valence electrons. The Labute approximate surface area is 129 Å². The van der Waals surface area contributed by atoms with E-state index in [4.69, 9.17) is 10.5 Å². The highest BCUT2D eigenvalue weighted by atomic mass is 19.1. The summed E-state index contributed by atoms with van der Waals surface area (Å²) in [7, 11) is 0. The maximum absolute atomic E-state index is 13.6. The predicted octanol–water partition coefficient (Wildman–Crippen LogP) is 4.52. The van der Waals surface area contributed by atoms with Gasteiger partial charge in [-0.1, -0.05) is 18.2 Å². The molecule has 0 aliphatic rings. The fourth-order valence-electron chi connectivity index (χ4n) is 2.60. The minimum atomic E-state index is -0.348. The SMILES string of the molecule is CC(C)n1cc(COc2ccccc2F)c2ccc(N)cc21. The molecule has 0 amide bonds. The number of benzene rings is 2. The molecular formula is C18H19FN2O. The molecule has 0 fully saturated rings. The van der Waals surface area contributed by atoms with Crippen LogP contribution < -0.4 is 10.5 Å². The molecule has 22 heavy (non-hydrogen) atoms. The first-order valence-electron chi connectivity index (χ1n) is 7.32. The molecule has 3 nitrogen and oxygen atoms in total. The zero-order valence-electron chi connectivity index (χ0n) is 12.7. The van der Waals surface area contributed by atoms with Crippen molar-refractivity contribution < 1.29 is 9.13 Å². The Balaban J connectivity index is 1.96. The second-order valence-electron chi connectivity index (χ2n) is 5.65. The van der Waals surface area contributed by atoms with Crippen LogP contribution in [0.25, 0.3) is 10.9 Å². The van der Waals surface area contributed by atoms with Gasteiger partial charge in [0.05, 0.1) is 5.52 Å². The number of anilines is 1. The summed E-state index contributed by atoms with van der Waals surface area (Å²) in [4.78, 5) is 0. The lowest BCUT2D eigenvalue weighted by Gasteiger charge is -2.09. The molecule has 0 aliphatic heterocycles. The lowest BCUT2D eigenvalue weighted by atomic mass is 10.1. The van der Waals surface area contributed by atoms with Crippen LogP contribution >= 0.6 is 0 Å². The van der Waals surface area contributed by atoms with Crippen molar-refractivity contribution in [2.75, 3.05) is 5.73 Å². The summed E-state index contributed by atoms with van der Waals surface area (Å²) in [5.74, 6) is -0.0808. The number of aromatic nitrogens is 1. The fourth-order valence-corrected chi connectivity index (χ4v) is 2.60. The minimum absolute atomic E-state index is 0.267. The molecule has 0 atom stereocenters. The van der Waals surface area contributed by atoms with Crippen LogP contribution in [0.3, 0.4) is 0 Å². The Hall–Kier alpha value is -2.49. The minimum Gasteiger partial charge on any atom is -0.486 e. The summed E-state index contributed by atoms with van der Waals surface area (Å²) in [5.41, 5.74) is 8.72. The Morgan fingerprint density at radius 3 is 2.68 bits per heavy atom. The van der Waals surface area contributed by atoms with Gasteiger partial charge in [-0.2, -0.15) is 0 Å². The van der Waals surface area contributed by atoms with Crippen LogP contribution in [-0.4, -0.2) is 4.57 Å². The molecule has 0 radical (unpaired) electrons. The molecular weight excluding hydrogens is 279 g/mol. The van der Waals surface area contributed by atoms with Crippen molar-refractivity contribution in [1.82, 2.24) is 4.57 Å². The van der Waals surface area contributed by atoms with Gasteiger partial charge in [-0.15, -0.1) is 0 Å². The van der Waals surface area contributed by atoms with Gasteiger partial charge in [0, 0.05) is 28.9 Å². The lowest BCUT2D eigenvalue weighted by Crippen LogP contribution is -1.99. The van der Waals surface area contributed by atoms with Crippen LogP contribution in [0.1, 0.15) is 25.5 Å². The molecule has 4 heteroatoms. The molecule has 1 aromatic heterocycles. The molecule has 2 N–H and O–H groups in total. The first-order chi connectivity index (χ1) is 10.6. The highest BCUT2D eigenvalue weighted by Crippen LogP contribution is 2.28. The van der Waals surface area contributed by atoms with Crippen LogP contribution in [0.15, 0.2) is 48.7 Å². The van der Waals surface area contributed by atoms with Gasteiger partial charge in [0.2, 0.25) is 0 Å². The topological polar surface area (TPSA) is 40.2 Å². The molecule has 2 aromatic carbocycles. The Morgan fingerprint density at radius 2 is 1.95 bits per heavy atom. The molecule has 0 saturated carbocycles. The molecule has 0 saturated heterocycles. The monoisotopic (exact) mass is 298 g/mol. The van der Waals surface area contributed by atoms with Crippen LogP contribution in [0.4, 0.5) is 10.1 Å². The number of para-hydroxylation sites is 1. The van der Waals surface area contributed by atoms with E-state index in [1.54, 1.807) is 18.2 Å². The Bertz CT molecular complexity index is 808. The van der Waals surface area contributed by atoms with Crippen LogP contribution in [0, 0.1) is 5.82 Å². The van der Waals surface area contributed by atoms with E-state index in [0.29, 0.717) is 12.6 Å². The number of nitrogens with two attached hydrogens (primary N) is 1. The van der Waals surface area contributed by atoms with Gasteiger partial charge in [-0.25, -0.2) is 4.39 Å². The van der Waals surface area contributed by atoms with Crippen LogP contribution in [-0.2, 0) is 6.61 Å². The van der Waals surface area contributed by atoms with Crippen molar-refractivity contribution in [2.45, 2.75) is 26.5 Å². The normalized spacial score (nSPS) is 11.3. The second-order valence-corrected chi connectivity index (χ2v) is 5.65. The second kappa shape index (κ2) is 5.72. The molecule has 0 spiro atoms. The first kappa shape index (κ1) is 14.4. The van der Waals surface area contributed by atoms with Crippen molar-refractivity contribution in [3.05, 3.63) is 60.0 Å². The number of hydrogen-bond acceptors (Lipinski definition) is 2. The zero-order chi connectivity index (χ0) is 15.7. The summed E-state index contributed by atoms with van der Waals surface area (Å²) in [6, 6.07) is 12.6. The van der Waals surface area contributed by atoms with Crippen LogP contribution in [0.2, 0.25) is 0 Å². The maximum Gasteiger partial charge on any atom is 0.165 e. The van der Waals surface area contributed by atoms with Gasteiger partial charge in [0.25, 0.3) is 0 Å². The molecule has 0 unspecified atom stereocenters. The van der Waals surface area contributed by atoms with E-state index in [0.717, 1.165) is 22.2 Å². The van der Waals surface area contributed by atoms with Crippen molar-refractivity contribution in [2.24, 2.45) is 0 Å². The number of halogens is 1. The molecule has 0 aliphatic carbocycles. The van der Waals surface area contributed by atoms with Crippen molar-refractivity contribution in [1.29, 1.82) is 0 Å². The van der Waals surface area contributed by atoms with E-state index >= 15 is 0 Å². The third kappa shape index (κ3) is 2.64. The van der Waals surface area contributed by atoms with Gasteiger partial charge in [-0.3, -0.25) is 0 Å². The number of rotatable bonds is 4. The van der Waals surface area contributed by atoms with Gasteiger partial charge < -0.3 is 15.0 Å². The molecule has 3 aromatic rings. The summed E-state index contributed by atoms with van der Waals surface area (Å²) < 4.78 is 21.4. The van der Waals surface area contributed by atoms with E-state index < -0.39 is 0 Å². The third-order valence-electron chi connectivity index (χ3n) is 3.72. The fraction of sp³-hybridized carbons (Fsp3) is 0.222. The van der Waals surface area contributed by atoms with E-state index in [-0.39, 0.29) is 11.6 Å². The van der Waals surface area contributed by atoms with Gasteiger partial charge in [-0.05, 0) is 38.1 Å². The standard InChI is InChI=1S/C18H19FN2O/c1-12(2)21-10-13(15-8-7-14(20)9-17(15)21)11-22-18-6-4-3-5-16(18)19/h3-10,12H,11,20H2,1-2H3.